The van der Waals surface area contributed by atoms with Crippen LogP contribution in [0.3, 0.4) is 0 Å². The van der Waals surface area contributed by atoms with Crippen LogP contribution in [0.25, 0.3) is 0 Å². The Hall–Kier alpha value is -3.68. The van der Waals surface area contributed by atoms with Crippen LogP contribution in [0.2, 0.25) is 0 Å². The lowest BCUT2D eigenvalue weighted by Gasteiger charge is -2.29. The molecule has 1 aliphatic rings. The van der Waals surface area contributed by atoms with Crippen molar-refractivity contribution in [3.8, 4) is 5.75 Å². The van der Waals surface area contributed by atoms with Crippen molar-refractivity contribution in [1.82, 2.24) is 20.2 Å². The third kappa shape index (κ3) is 3.52. The molecule has 0 saturated carbocycles. The second-order valence-electron chi connectivity index (χ2n) is 7.26. The van der Waals surface area contributed by atoms with Gasteiger partial charge in [-0.2, -0.15) is 4.68 Å². The highest BCUT2D eigenvalue weighted by molar-refractivity contribution is 6.06. The first-order chi connectivity index (χ1) is 14.5. The number of rotatable bonds is 5. The van der Waals surface area contributed by atoms with Crippen LogP contribution >= 0.6 is 0 Å². The summed E-state index contributed by atoms with van der Waals surface area (Å²) in [5.41, 5.74) is 4.95. The molecular weight excluding hydrogens is 380 g/mol. The fourth-order valence-corrected chi connectivity index (χ4v) is 3.73. The van der Waals surface area contributed by atoms with Crippen LogP contribution in [0.15, 0.2) is 53.7 Å². The van der Waals surface area contributed by atoms with Crippen LogP contribution < -0.4 is 15.4 Å². The van der Waals surface area contributed by atoms with E-state index in [1.807, 2.05) is 70.2 Å². The van der Waals surface area contributed by atoms with Crippen molar-refractivity contribution in [1.29, 1.82) is 0 Å². The van der Waals surface area contributed by atoms with Crippen LogP contribution in [0, 0.1) is 13.8 Å². The summed E-state index contributed by atoms with van der Waals surface area (Å²) >= 11 is 0. The van der Waals surface area contributed by atoms with E-state index >= 15 is 0 Å². The van der Waals surface area contributed by atoms with Crippen molar-refractivity contribution in [2.45, 2.75) is 33.7 Å². The second kappa shape index (κ2) is 7.98. The van der Waals surface area contributed by atoms with Gasteiger partial charge in [-0.1, -0.05) is 41.0 Å². The lowest BCUT2D eigenvalue weighted by Crippen LogP contribution is -2.32. The Morgan fingerprint density at radius 2 is 2.00 bits per heavy atom. The molecule has 0 aliphatic carbocycles. The Morgan fingerprint density at radius 3 is 2.77 bits per heavy atom. The van der Waals surface area contributed by atoms with E-state index in [0.717, 1.165) is 22.4 Å². The normalized spacial score (nSPS) is 15.4. The average Bonchev–Trinajstić information content (AvgIpc) is 3.18. The Labute approximate surface area is 174 Å². The lowest BCUT2D eigenvalue weighted by atomic mass is 9.94. The van der Waals surface area contributed by atoms with Gasteiger partial charge in [-0.15, -0.1) is 0 Å². The highest BCUT2D eigenvalue weighted by Gasteiger charge is 2.35. The van der Waals surface area contributed by atoms with Crippen LogP contribution in [0.4, 0.5) is 11.6 Å². The third-order valence-electron chi connectivity index (χ3n) is 5.10. The van der Waals surface area contributed by atoms with E-state index in [2.05, 4.69) is 26.2 Å². The summed E-state index contributed by atoms with van der Waals surface area (Å²) < 4.78 is 7.45. The largest absolute Gasteiger partial charge is 0.494 e. The smallest absolute Gasteiger partial charge is 0.255 e. The molecule has 0 radical (unpaired) electrons. The van der Waals surface area contributed by atoms with E-state index in [9.17, 15) is 4.79 Å². The predicted molar refractivity (Wildman–Crippen MR) is 114 cm³/mol. The summed E-state index contributed by atoms with van der Waals surface area (Å²) in [4.78, 5) is 13.5. The molecule has 0 unspecified atom stereocenters. The number of tetrazole rings is 1. The van der Waals surface area contributed by atoms with E-state index in [4.69, 9.17) is 4.74 Å². The van der Waals surface area contributed by atoms with Gasteiger partial charge in [-0.25, -0.2) is 0 Å². The standard InChI is InChI=1S/C22H24N6O2/c1-5-30-18-9-7-6-8-16(18)20-19(15(4)23-22-25-26-27-28(20)22)21(29)24-17-11-10-13(2)12-14(17)3/h6-12,20H,5H2,1-4H3,(H,24,29)(H,23,25,27)/t20-/m0/s1. The van der Waals surface area contributed by atoms with Crippen LogP contribution in [-0.4, -0.2) is 32.7 Å². The number of nitrogens with zero attached hydrogens (tertiary/aromatic N) is 4. The van der Waals surface area contributed by atoms with Crippen molar-refractivity contribution in [2.75, 3.05) is 17.2 Å². The average molecular weight is 404 g/mol. The first-order valence-corrected chi connectivity index (χ1v) is 9.85. The number of hydrogen-bond acceptors (Lipinski definition) is 6. The minimum absolute atomic E-state index is 0.218. The Kier molecular flexibility index (Phi) is 5.22. The number of hydrogen-bond donors (Lipinski definition) is 2. The van der Waals surface area contributed by atoms with Gasteiger partial charge in [-0.05, 0) is 55.8 Å². The van der Waals surface area contributed by atoms with Gasteiger partial charge in [0, 0.05) is 16.9 Å². The van der Waals surface area contributed by atoms with Gasteiger partial charge in [-0.3, -0.25) is 4.79 Å². The van der Waals surface area contributed by atoms with E-state index in [-0.39, 0.29) is 5.91 Å². The molecule has 0 bridgehead atoms. The molecule has 3 aromatic rings. The van der Waals surface area contributed by atoms with Crippen LogP contribution in [0.1, 0.15) is 36.6 Å². The molecule has 2 aromatic carbocycles. The SMILES string of the molecule is CCOc1ccccc1[C@H]1C(C(=O)Nc2ccc(C)cc2C)=C(C)Nc2nnnn21. The number of para-hydroxylation sites is 1. The number of amides is 1. The molecule has 4 rings (SSSR count). The number of anilines is 2. The highest BCUT2D eigenvalue weighted by Crippen LogP contribution is 2.39. The molecular formula is C22H24N6O2. The lowest BCUT2D eigenvalue weighted by molar-refractivity contribution is -0.113. The maximum Gasteiger partial charge on any atom is 0.255 e. The number of allylic oxidation sites excluding steroid dienone is 1. The molecule has 1 atom stereocenters. The summed E-state index contributed by atoms with van der Waals surface area (Å²) in [6, 6.07) is 13.1. The number of aryl methyl sites for hydroxylation is 2. The molecule has 8 nitrogen and oxygen atoms in total. The summed E-state index contributed by atoms with van der Waals surface area (Å²) in [6.07, 6.45) is 0. The van der Waals surface area contributed by atoms with Crippen molar-refractivity contribution in [2.24, 2.45) is 0 Å². The first-order valence-electron chi connectivity index (χ1n) is 9.85. The molecule has 0 fully saturated rings. The fourth-order valence-electron chi connectivity index (χ4n) is 3.73. The van der Waals surface area contributed by atoms with Crippen molar-refractivity contribution < 1.29 is 9.53 Å². The maximum absolute atomic E-state index is 13.5. The van der Waals surface area contributed by atoms with Gasteiger partial charge in [0.2, 0.25) is 5.95 Å². The summed E-state index contributed by atoms with van der Waals surface area (Å²) in [5, 5.41) is 18.2. The molecule has 154 valence electrons. The fraction of sp³-hybridized carbons (Fsp3) is 0.273. The van der Waals surface area contributed by atoms with E-state index in [1.54, 1.807) is 4.68 Å². The molecule has 8 heteroatoms. The number of ether oxygens (including phenoxy) is 1. The first kappa shape index (κ1) is 19.6. The zero-order valence-corrected chi connectivity index (χ0v) is 17.4. The maximum atomic E-state index is 13.5. The summed E-state index contributed by atoms with van der Waals surface area (Å²) in [5.74, 6) is 0.953. The molecule has 0 spiro atoms. The number of carbonyl (C=O) groups excluding carboxylic acids is 1. The monoisotopic (exact) mass is 404 g/mol. The molecule has 1 amide bonds. The van der Waals surface area contributed by atoms with Crippen LogP contribution in [0.5, 0.6) is 5.75 Å². The third-order valence-corrected chi connectivity index (χ3v) is 5.10. The number of fused-ring (bicyclic) bond motifs is 1. The van der Waals surface area contributed by atoms with Gasteiger partial charge in [0.05, 0.1) is 12.2 Å². The highest BCUT2D eigenvalue weighted by atomic mass is 16.5. The Bertz CT molecular complexity index is 1130. The molecule has 0 saturated heterocycles. The topological polar surface area (TPSA) is 94.0 Å². The van der Waals surface area contributed by atoms with Crippen LogP contribution in [-0.2, 0) is 4.79 Å². The number of nitrogens with one attached hydrogen (secondary N) is 2. The number of carbonyl (C=O) groups is 1. The molecule has 30 heavy (non-hydrogen) atoms. The van der Waals surface area contributed by atoms with E-state index in [1.165, 1.54) is 0 Å². The summed E-state index contributed by atoms with van der Waals surface area (Å²) in [6.45, 7) is 8.29. The molecule has 2 N–H and O–H groups in total. The van der Waals surface area contributed by atoms with Gasteiger partial charge < -0.3 is 15.4 Å². The van der Waals surface area contributed by atoms with Gasteiger partial charge in [0.1, 0.15) is 11.8 Å². The minimum atomic E-state index is -0.523. The van der Waals surface area contributed by atoms with E-state index in [0.29, 0.717) is 29.6 Å². The van der Waals surface area contributed by atoms with Crippen molar-refractivity contribution >= 4 is 17.5 Å². The molecule has 1 aromatic heterocycles. The zero-order chi connectivity index (χ0) is 21.3. The van der Waals surface area contributed by atoms with Gasteiger partial charge >= 0.3 is 0 Å². The quantitative estimate of drug-likeness (QED) is 0.675. The number of aromatic nitrogens is 4. The summed E-state index contributed by atoms with van der Waals surface area (Å²) in [7, 11) is 0. The molecule has 2 heterocycles. The molecule has 1 aliphatic heterocycles. The Morgan fingerprint density at radius 1 is 1.20 bits per heavy atom. The number of benzene rings is 2. The zero-order valence-electron chi connectivity index (χ0n) is 17.4. The van der Waals surface area contributed by atoms with Gasteiger partial charge in [0.15, 0.2) is 0 Å². The van der Waals surface area contributed by atoms with Crippen molar-refractivity contribution in [3.63, 3.8) is 0 Å². The second-order valence-corrected chi connectivity index (χ2v) is 7.26. The minimum Gasteiger partial charge on any atom is -0.494 e. The predicted octanol–water partition coefficient (Wildman–Crippen LogP) is 3.62. The van der Waals surface area contributed by atoms with Crippen molar-refractivity contribution in [3.05, 3.63) is 70.4 Å². The van der Waals surface area contributed by atoms with Gasteiger partial charge in [0.25, 0.3) is 5.91 Å². The van der Waals surface area contributed by atoms with E-state index < -0.39 is 6.04 Å². The Balaban J connectivity index is 1.79.